The fourth-order valence-electron chi connectivity index (χ4n) is 4.64. The molecule has 0 aliphatic carbocycles. The van der Waals surface area contributed by atoms with Gasteiger partial charge in [0.15, 0.2) is 0 Å². The number of phenolic OH excluding ortho intramolecular Hbond substituents is 1. The maximum Gasteiger partial charge on any atom is 0.330 e. The van der Waals surface area contributed by atoms with E-state index in [2.05, 4.69) is 40.8 Å². The summed E-state index contributed by atoms with van der Waals surface area (Å²) in [5, 5.41) is 10.1. The third kappa shape index (κ3) is 4.19. The van der Waals surface area contributed by atoms with Gasteiger partial charge in [0.05, 0.1) is 19.8 Å². The fourth-order valence-corrected chi connectivity index (χ4v) is 4.64. The Morgan fingerprint density at radius 2 is 1.82 bits per heavy atom. The van der Waals surface area contributed by atoms with Crippen LogP contribution in [0.1, 0.15) is 34.7 Å². The first-order chi connectivity index (χ1) is 15.9. The molecule has 170 valence electrons. The van der Waals surface area contributed by atoms with Crippen LogP contribution in [-0.2, 0) is 21.5 Å². The van der Waals surface area contributed by atoms with Crippen LogP contribution in [0.15, 0.2) is 66.7 Å². The minimum Gasteiger partial charge on any atom is -0.508 e. The van der Waals surface area contributed by atoms with E-state index in [-0.39, 0.29) is 5.97 Å². The Bertz CT molecular complexity index is 1200. The lowest BCUT2D eigenvalue weighted by molar-refractivity contribution is -0.134. The van der Waals surface area contributed by atoms with Crippen molar-refractivity contribution in [2.45, 2.75) is 25.8 Å². The molecule has 0 spiro atoms. The molecule has 5 heteroatoms. The molecule has 1 aliphatic rings. The van der Waals surface area contributed by atoms with Gasteiger partial charge in [-0.25, -0.2) is 4.79 Å². The van der Waals surface area contributed by atoms with Gasteiger partial charge in [0.2, 0.25) is 0 Å². The van der Waals surface area contributed by atoms with E-state index in [1.54, 1.807) is 19.3 Å². The Balaban J connectivity index is 1.82. The van der Waals surface area contributed by atoms with Crippen molar-refractivity contribution in [1.82, 2.24) is 0 Å². The maximum absolute atomic E-state index is 11.4. The van der Waals surface area contributed by atoms with Crippen LogP contribution in [0, 0.1) is 6.92 Å². The summed E-state index contributed by atoms with van der Waals surface area (Å²) >= 11 is 0. The summed E-state index contributed by atoms with van der Waals surface area (Å²) in [5.41, 5.74) is 6.01. The number of methoxy groups -OCH3 is 2. The molecule has 0 bridgehead atoms. The van der Waals surface area contributed by atoms with Gasteiger partial charge < -0.3 is 19.5 Å². The van der Waals surface area contributed by atoms with Gasteiger partial charge in [0.25, 0.3) is 0 Å². The summed E-state index contributed by atoms with van der Waals surface area (Å²) in [5.74, 6) is 0.771. The normalized spacial score (nSPS) is 17.6. The average molecular weight is 444 g/mol. The SMILES string of the molecule is COC(=O)C=Cc1ccc(C2(C)c3ccc(OC)cc3CCN2c2ccc(O)c(C)c2)cc1. The number of carbonyl (C=O) groups excluding carboxylic acids is 1. The second kappa shape index (κ2) is 9.02. The summed E-state index contributed by atoms with van der Waals surface area (Å²) in [6.07, 6.45) is 4.06. The van der Waals surface area contributed by atoms with Crippen molar-refractivity contribution in [2.75, 3.05) is 25.7 Å². The van der Waals surface area contributed by atoms with Crippen LogP contribution in [0.25, 0.3) is 6.08 Å². The zero-order valence-corrected chi connectivity index (χ0v) is 19.5. The number of benzene rings is 3. The predicted molar refractivity (Wildman–Crippen MR) is 131 cm³/mol. The molecule has 3 aromatic carbocycles. The highest BCUT2D eigenvalue weighted by Crippen LogP contribution is 2.45. The lowest BCUT2D eigenvalue weighted by atomic mass is 9.76. The Labute approximate surface area is 194 Å². The molecule has 0 radical (unpaired) electrons. The third-order valence-electron chi connectivity index (χ3n) is 6.56. The van der Waals surface area contributed by atoms with E-state index in [0.717, 1.165) is 41.1 Å². The summed E-state index contributed by atoms with van der Waals surface area (Å²) in [6, 6.07) is 20.3. The predicted octanol–water partition coefficient (Wildman–Crippen LogP) is 5.22. The van der Waals surface area contributed by atoms with Crippen LogP contribution < -0.4 is 9.64 Å². The molecular formula is C28H29NO4. The molecular weight excluding hydrogens is 414 g/mol. The molecule has 1 heterocycles. The second-order valence-electron chi connectivity index (χ2n) is 8.45. The van der Waals surface area contributed by atoms with E-state index in [1.807, 2.05) is 37.3 Å². The minimum absolute atomic E-state index is 0.296. The van der Waals surface area contributed by atoms with Gasteiger partial charge in [0.1, 0.15) is 11.5 Å². The van der Waals surface area contributed by atoms with Gasteiger partial charge in [0, 0.05) is 18.3 Å². The van der Waals surface area contributed by atoms with E-state index >= 15 is 0 Å². The van der Waals surface area contributed by atoms with Crippen LogP contribution in [0.3, 0.4) is 0 Å². The molecule has 1 aliphatic heterocycles. The molecule has 4 rings (SSSR count). The van der Waals surface area contributed by atoms with Crippen molar-refractivity contribution in [3.05, 3.63) is 94.6 Å². The Kier molecular flexibility index (Phi) is 6.14. The molecule has 0 aromatic heterocycles. The molecule has 0 fully saturated rings. The number of esters is 1. The molecule has 33 heavy (non-hydrogen) atoms. The summed E-state index contributed by atoms with van der Waals surface area (Å²) in [6.45, 7) is 4.98. The van der Waals surface area contributed by atoms with E-state index in [9.17, 15) is 9.90 Å². The first-order valence-corrected chi connectivity index (χ1v) is 11.0. The van der Waals surface area contributed by atoms with Crippen molar-refractivity contribution in [3.8, 4) is 11.5 Å². The standard InChI is InChI=1S/C28H29NO4/c1-19-17-23(10-13-26(19)30)29-16-15-21-18-24(32-3)11-12-25(21)28(29,2)22-8-5-20(6-9-22)7-14-27(31)33-4/h5-14,17-18,30H,15-16H2,1-4H3. The van der Waals surface area contributed by atoms with Gasteiger partial charge in [-0.15, -0.1) is 0 Å². The Hall–Kier alpha value is -3.73. The smallest absolute Gasteiger partial charge is 0.330 e. The Morgan fingerprint density at radius 3 is 2.48 bits per heavy atom. The molecule has 1 N–H and O–H groups in total. The van der Waals surface area contributed by atoms with Gasteiger partial charge in [-0.05, 0) is 84.5 Å². The maximum atomic E-state index is 11.4. The lowest BCUT2D eigenvalue weighted by Crippen LogP contribution is -2.49. The zero-order chi connectivity index (χ0) is 23.6. The highest BCUT2D eigenvalue weighted by molar-refractivity contribution is 5.86. The number of carbonyl (C=O) groups is 1. The summed E-state index contributed by atoms with van der Waals surface area (Å²) in [4.78, 5) is 13.8. The minimum atomic E-state index is -0.437. The van der Waals surface area contributed by atoms with Gasteiger partial charge in [-0.2, -0.15) is 0 Å². The van der Waals surface area contributed by atoms with E-state index < -0.39 is 5.54 Å². The number of fused-ring (bicyclic) bond motifs is 1. The summed E-state index contributed by atoms with van der Waals surface area (Å²) < 4.78 is 10.2. The van der Waals surface area contributed by atoms with Gasteiger partial charge in [-0.3, -0.25) is 0 Å². The number of aryl methyl sites for hydroxylation is 1. The number of hydrogen-bond donors (Lipinski definition) is 1. The van der Waals surface area contributed by atoms with Crippen LogP contribution in [-0.4, -0.2) is 31.8 Å². The number of nitrogens with zero attached hydrogens (tertiary/aromatic N) is 1. The number of anilines is 1. The highest BCUT2D eigenvalue weighted by atomic mass is 16.5. The largest absolute Gasteiger partial charge is 0.508 e. The van der Waals surface area contributed by atoms with Gasteiger partial charge >= 0.3 is 5.97 Å². The van der Waals surface area contributed by atoms with Crippen LogP contribution >= 0.6 is 0 Å². The van der Waals surface area contributed by atoms with Crippen LogP contribution in [0.5, 0.6) is 11.5 Å². The molecule has 0 saturated heterocycles. The molecule has 0 amide bonds. The monoisotopic (exact) mass is 443 g/mol. The number of aromatic hydroxyl groups is 1. The van der Waals surface area contributed by atoms with Crippen molar-refractivity contribution in [2.24, 2.45) is 0 Å². The van der Waals surface area contributed by atoms with Crippen molar-refractivity contribution < 1.29 is 19.4 Å². The molecule has 1 unspecified atom stereocenters. The van der Waals surface area contributed by atoms with Gasteiger partial charge in [-0.1, -0.05) is 30.3 Å². The number of ether oxygens (including phenoxy) is 2. The van der Waals surface area contributed by atoms with Crippen molar-refractivity contribution in [1.29, 1.82) is 0 Å². The molecule has 3 aromatic rings. The third-order valence-corrected chi connectivity index (χ3v) is 6.56. The fraction of sp³-hybridized carbons (Fsp3) is 0.250. The van der Waals surface area contributed by atoms with Crippen LogP contribution in [0.4, 0.5) is 5.69 Å². The van der Waals surface area contributed by atoms with E-state index in [0.29, 0.717) is 5.75 Å². The zero-order valence-electron chi connectivity index (χ0n) is 19.5. The molecule has 5 nitrogen and oxygen atoms in total. The van der Waals surface area contributed by atoms with Crippen molar-refractivity contribution in [3.63, 3.8) is 0 Å². The van der Waals surface area contributed by atoms with Crippen LogP contribution in [0.2, 0.25) is 0 Å². The summed E-state index contributed by atoms with van der Waals surface area (Å²) in [7, 11) is 3.06. The first kappa shape index (κ1) is 22.5. The Morgan fingerprint density at radius 1 is 1.06 bits per heavy atom. The number of phenols is 1. The first-order valence-electron chi connectivity index (χ1n) is 11.0. The van der Waals surface area contributed by atoms with Crippen molar-refractivity contribution >= 4 is 17.7 Å². The average Bonchev–Trinajstić information content (AvgIpc) is 2.84. The molecule has 1 atom stereocenters. The highest BCUT2D eigenvalue weighted by Gasteiger charge is 2.40. The molecule has 0 saturated carbocycles. The van der Waals surface area contributed by atoms with E-state index in [4.69, 9.17) is 4.74 Å². The lowest BCUT2D eigenvalue weighted by Gasteiger charge is -2.48. The quantitative estimate of drug-likeness (QED) is 0.433. The number of hydrogen-bond acceptors (Lipinski definition) is 5. The number of rotatable bonds is 5. The van der Waals surface area contributed by atoms with E-state index in [1.165, 1.54) is 24.3 Å². The topological polar surface area (TPSA) is 59.0 Å². The second-order valence-corrected chi connectivity index (χ2v) is 8.45.